The number of phenolic OH excluding ortho intramolecular Hbond substituents is 1. The van der Waals surface area contributed by atoms with Crippen molar-refractivity contribution in [3.63, 3.8) is 0 Å². The fourth-order valence-electron chi connectivity index (χ4n) is 2.00. The van der Waals surface area contributed by atoms with Crippen LogP contribution in [0.3, 0.4) is 0 Å². The number of hydrogen-bond donors (Lipinski definition) is 4. The van der Waals surface area contributed by atoms with Crippen molar-refractivity contribution in [3.05, 3.63) is 58.9 Å². The van der Waals surface area contributed by atoms with Crippen LogP contribution in [0.15, 0.2) is 69.0 Å². The van der Waals surface area contributed by atoms with Crippen molar-refractivity contribution >= 4 is 38.9 Å². The van der Waals surface area contributed by atoms with E-state index in [1.807, 2.05) is 0 Å². The summed E-state index contributed by atoms with van der Waals surface area (Å²) in [5, 5.41) is 29.7. The Morgan fingerprint density at radius 3 is 2.46 bits per heavy atom. The number of hydrogen-bond acceptors (Lipinski definition) is 7. The number of phenols is 1. The maximum atomic E-state index is 12.4. The number of nitrogens with one attached hydrogen (secondary N) is 2. The van der Waals surface area contributed by atoms with E-state index < -0.39 is 27.4 Å². The van der Waals surface area contributed by atoms with Gasteiger partial charge in [-0.15, -0.1) is 10.2 Å². The van der Waals surface area contributed by atoms with Gasteiger partial charge in [0.2, 0.25) is 10.0 Å². The molecule has 0 bridgehead atoms. The molecule has 0 aromatic heterocycles. The molecule has 0 atom stereocenters. The summed E-state index contributed by atoms with van der Waals surface area (Å²) in [6.07, 6.45) is 0. The summed E-state index contributed by atoms with van der Waals surface area (Å²) in [7, 11) is -2.54. The van der Waals surface area contributed by atoms with E-state index in [2.05, 4.69) is 20.3 Å². The largest absolute Gasteiger partial charge is 0.510 e. The van der Waals surface area contributed by atoms with Crippen LogP contribution in [0.5, 0.6) is 5.75 Å². The van der Waals surface area contributed by atoms with E-state index in [1.54, 1.807) is 24.3 Å². The van der Waals surface area contributed by atoms with Crippen LogP contribution in [0.2, 0.25) is 5.02 Å². The molecule has 2 aromatic carbocycles. The van der Waals surface area contributed by atoms with Crippen molar-refractivity contribution in [2.75, 3.05) is 12.4 Å². The van der Waals surface area contributed by atoms with Crippen molar-refractivity contribution in [2.45, 2.75) is 11.8 Å². The number of carbonyl (C=O) groups excluding carboxylic acids is 1. The average Bonchev–Trinajstić information content (AvgIpc) is 2.64. The minimum absolute atomic E-state index is 0.159. The number of para-hydroxylation sites is 1. The van der Waals surface area contributed by atoms with E-state index in [0.717, 1.165) is 12.1 Å². The second-order valence-corrected chi connectivity index (χ2v) is 7.72. The molecule has 1 amide bonds. The molecule has 2 rings (SSSR count). The van der Waals surface area contributed by atoms with E-state index in [0.29, 0.717) is 5.69 Å². The molecule has 0 heterocycles. The van der Waals surface area contributed by atoms with Crippen LogP contribution in [0.1, 0.15) is 6.92 Å². The molecule has 0 unspecified atom stereocenters. The highest BCUT2D eigenvalue weighted by molar-refractivity contribution is 7.89. The van der Waals surface area contributed by atoms with Crippen LogP contribution in [-0.2, 0) is 14.8 Å². The van der Waals surface area contributed by atoms with Gasteiger partial charge in [-0.25, -0.2) is 13.1 Å². The second-order valence-electron chi connectivity index (χ2n) is 5.43. The number of anilines is 1. The highest BCUT2D eigenvalue weighted by atomic mass is 35.5. The fraction of sp³-hybridized carbons (Fsp3) is 0.118. The lowest BCUT2D eigenvalue weighted by molar-refractivity contribution is -0.113. The van der Waals surface area contributed by atoms with Crippen molar-refractivity contribution in [1.29, 1.82) is 0 Å². The summed E-state index contributed by atoms with van der Waals surface area (Å²) in [6.45, 7) is 1.22. The number of aromatic hydroxyl groups is 1. The van der Waals surface area contributed by atoms with Gasteiger partial charge in [-0.1, -0.05) is 23.7 Å². The number of carbonyl (C=O) groups is 1. The minimum Gasteiger partial charge on any atom is -0.510 e. The van der Waals surface area contributed by atoms with Crippen LogP contribution in [0.4, 0.5) is 11.4 Å². The lowest BCUT2D eigenvalue weighted by atomic mass is 10.3. The standard InChI is InChI=1S/C17H17ClN4O5S/c1-10(23)16(17(25)20-13-6-4-3-5-12(13)18)22-21-14-9-11(7-8-15(14)24)28(26,27)19-2/h3-9,19,23-24H,1-2H3,(H,20,25). The number of benzene rings is 2. The molecule has 0 aliphatic heterocycles. The molecule has 0 saturated heterocycles. The zero-order valence-corrected chi connectivity index (χ0v) is 16.4. The maximum Gasteiger partial charge on any atom is 0.279 e. The van der Waals surface area contributed by atoms with Crippen molar-refractivity contribution in [2.24, 2.45) is 10.2 Å². The molecule has 0 aliphatic carbocycles. The zero-order chi connectivity index (χ0) is 20.9. The Balaban J connectivity index is 2.34. The Morgan fingerprint density at radius 1 is 1.18 bits per heavy atom. The van der Waals surface area contributed by atoms with Crippen LogP contribution in [0.25, 0.3) is 0 Å². The quantitative estimate of drug-likeness (QED) is 0.319. The first-order chi connectivity index (χ1) is 13.2. The molecular formula is C17H17ClN4O5S. The first-order valence-corrected chi connectivity index (χ1v) is 9.66. The van der Waals surface area contributed by atoms with Gasteiger partial charge in [0.05, 0.1) is 15.6 Å². The van der Waals surface area contributed by atoms with Gasteiger partial charge in [0.25, 0.3) is 5.91 Å². The molecule has 2 aromatic rings. The summed E-state index contributed by atoms with van der Waals surface area (Å²) < 4.78 is 25.9. The Labute approximate surface area is 166 Å². The Bertz CT molecular complexity index is 1060. The molecule has 4 N–H and O–H groups in total. The molecule has 0 saturated carbocycles. The zero-order valence-electron chi connectivity index (χ0n) is 14.8. The van der Waals surface area contributed by atoms with Gasteiger partial charge in [-0.05, 0) is 44.3 Å². The van der Waals surface area contributed by atoms with E-state index in [-0.39, 0.29) is 21.4 Å². The van der Waals surface area contributed by atoms with Crippen molar-refractivity contribution < 1.29 is 23.4 Å². The summed E-state index contributed by atoms with van der Waals surface area (Å²) in [6, 6.07) is 9.83. The fourth-order valence-corrected chi connectivity index (χ4v) is 2.93. The number of aliphatic hydroxyl groups is 1. The number of aliphatic hydroxyl groups excluding tert-OH is 1. The number of sulfonamides is 1. The molecule has 0 radical (unpaired) electrons. The number of nitrogens with zero attached hydrogens (tertiary/aromatic N) is 2. The first kappa shape index (κ1) is 21.4. The Morgan fingerprint density at radius 2 is 1.86 bits per heavy atom. The minimum atomic E-state index is -3.77. The third-order valence-electron chi connectivity index (χ3n) is 3.46. The number of azo groups is 1. The van der Waals surface area contributed by atoms with Gasteiger partial charge in [0.1, 0.15) is 17.2 Å². The van der Waals surface area contributed by atoms with Gasteiger partial charge in [0, 0.05) is 0 Å². The second kappa shape index (κ2) is 8.83. The number of allylic oxidation sites excluding steroid dienone is 1. The lowest BCUT2D eigenvalue weighted by Gasteiger charge is -2.08. The third kappa shape index (κ3) is 5.06. The smallest absolute Gasteiger partial charge is 0.279 e. The van der Waals surface area contributed by atoms with Gasteiger partial charge in [-0.2, -0.15) is 0 Å². The van der Waals surface area contributed by atoms with E-state index in [4.69, 9.17) is 11.6 Å². The third-order valence-corrected chi connectivity index (χ3v) is 5.21. The number of amides is 1. The molecule has 148 valence electrons. The van der Waals surface area contributed by atoms with Crippen molar-refractivity contribution in [3.8, 4) is 5.75 Å². The molecule has 28 heavy (non-hydrogen) atoms. The summed E-state index contributed by atoms with van der Waals surface area (Å²) in [4.78, 5) is 12.2. The average molecular weight is 425 g/mol. The highest BCUT2D eigenvalue weighted by Gasteiger charge is 2.17. The summed E-state index contributed by atoms with van der Waals surface area (Å²) >= 11 is 5.98. The lowest BCUT2D eigenvalue weighted by Crippen LogP contribution is -2.18. The molecule has 11 heteroatoms. The molecule has 0 spiro atoms. The Kier molecular flexibility index (Phi) is 6.73. The number of rotatable bonds is 6. The molecule has 0 aliphatic rings. The normalized spacial score (nSPS) is 12.7. The first-order valence-electron chi connectivity index (χ1n) is 7.79. The van der Waals surface area contributed by atoms with E-state index in [9.17, 15) is 23.4 Å². The van der Waals surface area contributed by atoms with Crippen molar-refractivity contribution in [1.82, 2.24) is 4.72 Å². The van der Waals surface area contributed by atoms with Crippen LogP contribution in [0, 0.1) is 0 Å². The SMILES string of the molecule is CNS(=O)(=O)c1ccc(O)c(N=NC(C(=O)Nc2ccccc2Cl)=C(C)O)c1. The van der Waals surface area contributed by atoms with Gasteiger partial charge in [-0.3, -0.25) is 4.79 Å². The number of halogens is 1. The van der Waals surface area contributed by atoms with Gasteiger partial charge in [0.15, 0.2) is 5.70 Å². The van der Waals surface area contributed by atoms with Crippen LogP contribution >= 0.6 is 11.6 Å². The predicted molar refractivity (Wildman–Crippen MR) is 104 cm³/mol. The van der Waals surface area contributed by atoms with Crippen LogP contribution in [-0.4, -0.2) is 31.6 Å². The molecule has 0 fully saturated rings. The maximum absolute atomic E-state index is 12.4. The molecular weight excluding hydrogens is 408 g/mol. The Hall–Kier alpha value is -2.95. The van der Waals surface area contributed by atoms with Gasteiger partial charge >= 0.3 is 0 Å². The topological polar surface area (TPSA) is 140 Å². The van der Waals surface area contributed by atoms with E-state index >= 15 is 0 Å². The molecule has 9 nitrogen and oxygen atoms in total. The summed E-state index contributed by atoms with van der Waals surface area (Å²) in [5.74, 6) is -1.60. The van der Waals surface area contributed by atoms with Gasteiger partial charge < -0.3 is 15.5 Å². The highest BCUT2D eigenvalue weighted by Crippen LogP contribution is 2.30. The predicted octanol–water partition coefficient (Wildman–Crippen LogP) is 3.47. The monoisotopic (exact) mass is 424 g/mol. The van der Waals surface area contributed by atoms with E-state index in [1.165, 1.54) is 20.0 Å². The summed E-state index contributed by atoms with van der Waals surface area (Å²) in [5.41, 5.74) is -0.352. The van der Waals surface area contributed by atoms with Crippen LogP contribution < -0.4 is 10.0 Å².